The second-order valence-corrected chi connectivity index (χ2v) is 5.82. The van der Waals surface area contributed by atoms with E-state index in [2.05, 4.69) is 5.32 Å². The zero-order valence-corrected chi connectivity index (χ0v) is 13.8. The van der Waals surface area contributed by atoms with Crippen LogP contribution in [0.2, 0.25) is 5.02 Å². The molecule has 1 fully saturated rings. The minimum absolute atomic E-state index is 0.00339. The van der Waals surface area contributed by atoms with Crippen LogP contribution in [0.3, 0.4) is 0 Å². The molecule has 3 rings (SSSR count). The van der Waals surface area contributed by atoms with E-state index in [4.69, 9.17) is 23.8 Å². The van der Waals surface area contributed by atoms with Crippen LogP contribution < -0.4 is 10.2 Å². The number of anilines is 1. The van der Waals surface area contributed by atoms with Crippen LogP contribution in [0, 0.1) is 0 Å². The molecule has 2 amide bonds. The normalized spacial score (nSPS) is 16.5. The highest BCUT2D eigenvalue weighted by Crippen LogP contribution is 2.26. The number of phenols is 1. The Balaban J connectivity index is 2.06. The summed E-state index contributed by atoms with van der Waals surface area (Å²) in [5.41, 5.74) is 0.653. The number of hydrogen-bond acceptors (Lipinski definition) is 4. The lowest BCUT2D eigenvalue weighted by Gasteiger charge is -2.28. The Hall–Kier alpha value is -2.70. The summed E-state index contributed by atoms with van der Waals surface area (Å²) < 4.78 is 0. The fraction of sp³-hybridized carbons (Fsp3) is 0. The third-order valence-electron chi connectivity index (χ3n) is 3.41. The number of nitrogens with zero attached hydrogens (tertiary/aromatic N) is 1. The number of para-hydroxylation sites is 1. The van der Waals surface area contributed by atoms with Crippen LogP contribution in [0.1, 0.15) is 5.56 Å². The zero-order valence-electron chi connectivity index (χ0n) is 12.2. The summed E-state index contributed by atoms with van der Waals surface area (Å²) in [7, 11) is 0. The van der Waals surface area contributed by atoms with Gasteiger partial charge in [0.05, 0.1) is 5.69 Å². The van der Waals surface area contributed by atoms with Crippen molar-refractivity contribution in [2.24, 2.45) is 0 Å². The van der Waals surface area contributed by atoms with Crippen LogP contribution in [0.25, 0.3) is 6.08 Å². The van der Waals surface area contributed by atoms with Gasteiger partial charge in [-0.25, -0.2) is 0 Å². The lowest BCUT2D eigenvalue weighted by Crippen LogP contribution is -2.54. The van der Waals surface area contributed by atoms with E-state index in [1.54, 1.807) is 30.3 Å². The Kier molecular flexibility index (Phi) is 4.33. The quantitative estimate of drug-likeness (QED) is 0.492. The predicted molar refractivity (Wildman–Crippen MR) is 95.8 cm³/mol. The van der Waals surface area contributed by atoms with Crippen LogP contribution in [-0.2, 0) is 9.59 Å². The molecule has 2 aromatic carbocycles. The number of benzene rings is 2. The van der Waals surface area contributed by atoms with E-state index in [1.165, 1.54) is 29.2 Å². The van der Waals surface area contributed by atoms with Gasteiger partial charge in [-0.05, 0) is 48.6 Å². The van der Waals surface area contributed by atoms with Gasteiger partial charge in [0.15, 0.2) is 5.11 Å². The zero-order chi connectivity index (χ0) is 17.3. The number of thiocarbonyl (C=S) groups is 1. The number of amides is 2. The number of aromatic hydroxyl groups is 1. The standard InChI is InChI=1S/C17H11ClN2O3S/c18-11-6-7-14(21)10(8-11)9-13-15(22)19-17(24)20(16(13)23)12-4-2-1-3-5-12/h1-9,21H,(H,19,22,24). The summed E-state index contributed by atoms with van der Waals surface area (Å²) in [6.07, 6.45) is 1.29. The first-order valence-corrected chi connectivity index (χ1v) is 7.71. The summed E-state index contributed by atoms with van der Waals surface area (Å²) in [5, 5.41) is 12.7. The van der Waals surface area contributed by atoms with Gasteiger partial charge in [0.25, 0.3) is 11.8 Å². The highest BCUT2D eigenvalue weighted by molar-refractivity contribution is 7.80. The van der Waals surface area contributed by atoms with Gasteiger partial charge in [0.1, 0.15) is 11.3 Å². The SMILES string of the molecule is O=C1NC(=S)N(c2ccccc2)C(=O)C1=Cc1cc(Cl)ccc1O. The Morgan fingerprint density at radius 3 is 2.54 bits per heavy atom. The van der Waals surface area contributed by atoms with Crippen LogP contribution in [0.5, 0.6) is 5.75 Å². The molecule has 2 aromatic rings. The fourth-order valence-electron chi connectivity index (χ4n) is 2.27. The first-order valence-electron chi connectivity index (χ1n) is 6.92. The van der Waals surface area contributed by atoms with E-state index < -0.39 is 11.8 Å². The van der Waals surface area contributed by atoms with E-state index in [9.17, 15) is 14.7 Å². The number of carbonyl (C=O) groups is 2. The van der Waals surface area contributed by atoms with Crippen molar-refractivity contribution < 1.29 is 14.7 Å². The van der Waals surface area contributed by atoms with Gasteiger partial charge >= 0.3 is 0 Å². The Labute approximate surface area is 148 Å². The van der Waals surface area contributed by atoms with E-state index in [1.807, 2.05) is 0 Å². The van der Waals surface area contributed by atoms with Gasteiger partial charge in [-0.2, -0.15) is 0 Å². The molecule has 0 saturated carbocycles. The topological polar surface area (TPSA) is 69.6 Å². The van der Waals surface area contributed by atoms with Crippen molar-refractivity contribution in [1.82, 2.24) is 5.32 Å². The molecular formula is C17H11ClN2O3S. The molecule has 120 valence electrons. The number of rotatable bonds is 2. The lowest BCUT2D eigenvalue weighted by atomic mass is 10.1. The molecule has 0 atom stereocenters. The number of carbonyl (C=O) groups excluding carboxylic acids is 2. The summed E-state index contributed by atoms with van der Waals surface area (Å²) in [5.74, 6) is -1.29. The molecule has 24 heavy (non-hydrogen) atoms. The van der Waals surface area contributed by atoms with Gasteiger partial charge in [0.2, 0.25) is 0 Å². The second-order valence-electron chi connectivity index (χ2n) is 5.00. The summed E-state index contributed by atoms with van der Waals surface area (Å²) in [4.78, 5) is 26.1. The third-order valence-corrected chi connectivity index (χ3v) is 3.93. The van der Waals surface area contributed by atoms with Gasteiger partial charge < -0.3 is 5.11 Å². The van der Waals surface area contributed by atoms with Crippen molar-refractivity contribution in [3.05, 3.63) is 64.7 Å². The molecule has 1 heterocycles. The molecule has 0 unspecified atom stereocenters. The van der Waals surface area contributed by atoms with Crippen LogP contribution in [0.4, 0.5) is 5.69 Å². The van der Waals surface area contributed by atoms with E-state index >= 15 is 0 Å². The van der Waals surface area contributed by atoms with Gasteiger partial charge in [-0.3, -0.25) is 19.8 Å². The van der Waals surface area contributed by atoms with Gasteiger partial charge in [0, 0.05) is 10.6 Å². The maximum atomic E-state index is 12.7. The fourth-order valence-corrected chi connectivity index (χ4v) is 2.73. The summed E-state index contributed by atoms with van der Waals surface area (Å²) in [6.45, 7) is 0. The molecular weight excluding hydrogens is 348 g/mol. The average Bonchev–Trinajstić information content (AvgIpc) is 2.55. The molecule has 5 nitrogen and oxygen atoms in total. The molecule has 0 aromatic heterocycles. The molecule has 0 radical (unpaired) electrons. The number of halogens is 1. The molecule has 0 bridgehead atoms. The van der Waals surface area contributed by atoms with Crippen molar-refractivity contribution in [1.29, 1.82) is 0 Å². The largest absolute Gasteiger partial charge is 0.507 e. The summed E-state index contributed by atoms with van der Waals surface area (Å²) >= 11 is 11.0. The Morgan fingerprint density at radius 2 is 1.83 bits per heavy atom. The monoisotopic (exact) mass is 358 g/mol. The van der Waals surface area contributed by atoms with Crippen LogP contribution in [-0.4, -0.2) is 22.0 Å². The number of nitrogens with one attached hydrogen (secondary N) is 1. The molecule has 2 N–H and O–H groups in total. The van der Waals surface area contributed by atoms with Gasteiger partial charge in [-0.1, -0.05) is 29.8 Å². The molecule has 1 aliphatic heterocycles. The van der Waals surface area contributed by atoms with Crippen molar-refractivity contribution in [3.8, 4) is 5.75 Å². The first kappa shape index (κ1) is 16.2. The average molecular weight is 359 g/mol. The van der Waals surface area contributed by atoms with E-state index in [0.29, 0.717) is 10.7 Å². The van der Waals surface area contributed by atoms with E-state index in [-0.39, 0.29) is 22.0 Å². The summed E-state index contributed by atoms with van der Waals surface area (Å²) in [6, 6.07) is 13.1. The second kappa shape index (κ2) is 6.43. The maximum Gasteiger partial charge on any atom is 0.270 e. The predicted octanol–water partition coefficient (Wildman–Crippen LogP) is 2.88. The smallest absolute Gasteiger partial charge is 0.270 e. The first-order chi connectivity index (χ1) is 11.5. The van der Waals surface area contributed by atoms with Crippen molar-refractivity contribution in [2.45, 2.75) is 0 Å². The minimum atomic E-state index is -0.628. The van der Waals surface area contributed by atoms with Gasteiger partial charge in [-0.15, -0.1) is 0 Å². The maximum absolute atomic E-state index is 12.7. The van der Waals surface area contributed by atoms with E-state index in [0.717, 1.165) is 0 Å². The molecule has 7 heteroatoms. The third kappa shape index (κ3) is 3.02. The Morgan fingerprint density at radius 1 is 1.12 bits per heavy atom. The van der Waals surface area contributed by atoms with Crippen molar-refractivity contribution >= 4 is 52.5 Å². The molecule has 1 aliphatic rings. The highest BCUT2D eigenvalue weighted by Gasteiger charge is 2.34. The minimum Gasteiger partial charge on any atom is -0.507 e. The number of phenolic OH excluding ortho intramolecular Hbond substituents is 1. The molecule has 0 aliphatic carbocycles. The van der Waals surface area contributed by atoms with Crippen molar-refractivity contribution in [2.75, 3.05) is 4.90 Å². The van der Waals surface area contributed by atoms with Crippen LogP contribution in [0.15, 0.2) is 54.1 Å². The Bertz CT molecular complexity index is 881. The lowest BCUT2D eigenvalue weighted by molar-refractivity contribution is -0.122. The van der Waals surface area contributed by atoms with Crippen molar-refractivity contribution in [3.63, 3.8) is 0 Å². The highest BCUT2D eigenvalue weighted by atomic mass is 35.5. The van der Waals surface area contributed by atoms with Crippen LogP contribution >= 0.6 is 23.8 Å². The molecule has 0 spiro atoms. The molecule has 1 saturated heterocycles. The number of hydrogen-bond donors (Lipinski definition) is 2.